The van der Waals surface area contributed by atoms with Gasteiger partial charge < -0.3 is 5.32 Å². The molecule has 2 rings (SSSR count). The molecule has 0 fully saturated rings. The van der Waals surface area contributed by atoms with Crippen LogP contribution in [0.3, 0.4) is 0 Å². The Labute approximate surface area is 98.9 Å². The van der Waals surface area contributed by atoms with E-state index in [4.69, 9.17) is 0 Å². The van der Waals surface area contributed by atoms with Crippen LogP contribution in [0.15, 0.2) is 42.6 Å². The number of dihydropyridines is 1. The van der Waals surface area contributed by atoms with Crippen molar-refractivity contribution in [1.82, 2.24) is 5.32 Å². The Bertz CT molecular complexity index is 371. The number of hydrogen-bond acceptors (Lipinski definition) is 1. The fourth-order valence-corrected chi connectivity index (χ4v) is 1.50. The molecule has 1 aromatic rings. The Morgan fingerprint density at radius 1 is 1.06 bits per heavy atom. The minimum absolute atomic E-state index is 0.448. The molecule has 16 heavy (non-hydrogen) atoms. The highest BCUT2D eigenvalue weighted by Crippen LogP contribution is 2.18. The Kier molecular flexibility index (Phi) is 4.84. The summed E-state index contributed by atoms with van der Waals surface area (Å²) < 4.78 is 0. The summed E-state index contributed by atoms with van der Waals surface area (Å²) in [5, 5.41) is 3.30. The summed E-state index contributed by atoms with van der Waals surface area (Å²) >= 11 is 0. The van der Waals surface area contributed by atoms with Gasteiger partial charge in [0.25, 0.3) is 0 Å². The lowest BCUT2D eigenvalue weighted by Gasteiger charge is -2.14. The van der Waals surface area contributed by atoms with E-state index in [2.05, 4.69) is 61.8 Å². The van der Waals surface area contributed by atoms with E-state index in [-0.39, 0.29) is 0 Å². The van der Waals surface area contributed by atoms with Crippen LogP contribution in [0.4, 0.5) is 0 Å². The van der Waals surface area contributed by atoms with Crippen molar-refractivity contribution in [2.24, 2.45) is 0 Å². The Morgan fingerprint density at radius 2 is 1.69 bits per heavy atom. The van der Waals surface area contributed by atoms with Gasteiger partial charge in [-0.25, -0.2) is 0 Å². The number of aryl methyl sites for hydroxylation is 1. The van der Waals surface area contributed by atoms with E-state index in [9.17, 15) is 0 Å². The summed E-state index contributed by atoms with van der Waals surface area (Å²) in [5.41, 5.74) is 3.82. The second-order valence-electron chi connectivity index (χ2n) is 3.78. The number of rotatable bonds is 1. The number of benzene rings is 1. The van der Waals surface area contributed by atoms with Gasteiger partial charge in [-0.2, -0.15) is 0 Å². The molecular formula is C15H21N. The molecule has 0 bridgehead atoms. The highest BCUT2D eigenvalue weighted by molar-refractivity contribution is 5.74. The van der Waals surface area contributed by atoms with Crippen molar-refractivity contribution in [1.29, 1.82) is 0 Å². The summed E-state index contributed by atoms with van der Waals surface area (Å²) in [4.78, 5) is 0. The van der Waals surface area contributed by atoms with Gasteiger partial charge in [-0.15, -0.1) is 0 Å². The molecule has 1 atom stereocenters. The van der Waals surface area contributed by atoms with Crippen molar-refractivity contribution < 1.29 is 0 Å². The van der Waals surface area contributed by atoms with Gasteiger partial charge in [0.15, 0.2) is 0 Å². The van der Waals surface area contributed by atoms with E-state index in [1.807, 2.05) is 13.8 Å². The molecule has 1 nitrogen and oxygen atoms in total. The van der Waals surface area contributed by atoms with Gasteiger partial charge in [0.2, 0.25) is 0 Å². The van der Waals surface area contributed by atoms with Crippen molar-refractivity contribution in [3.63, 3.8) is 0 Å². The van der Waals surface area contributed by atoms with Crippen molar-refractivity contribution in [2.45, 2.75) is 33.7 Å². The second-order valence-corrected chi connectivity index (χ2v) is 3.78. The third-order valence-corrected chi connectivity index (χ3v) is 2.45. The third-order valence-electron chi connectivity index (χ3n) is 2.45. The van der Waals surface area contributed by atoms with E-state index in [0.717, 1.165) is 0 Å². The monoisotopic (exact) mass is 215 g/mol. The maximum atomic E-state index is 3.30. The standard InChI is InChI=1S/C13H15N.C2H6/c1-10-3-6-12(7-4-10)13-8-5-11(2)14-9-13;1-2/h3-9,11,14H,1-2H3;1-2H3. The number of allylic oxidation sites excluding steroid dienone is 2. The van der Waals surface area contributed by atoms with Crippen molar-refractivity contribution in [2.75, 3.05) is 0 Å². The minimum atomic E-state index is 0.448. The Balaban J connectivity index is 0.000000606. The number of hydrogen-bond donors (Lipinski definition) is 1. The molecule has 0 aliphatic carbocycles. The average molecular weight is 215 g/mol. The molecule has 1 heteroatoms. The largest absolute Gasteiger partial charge is 0.384 e. The predicted octanol–water partition coefficient (Wildman–Crippen LogP) is 3.91. The minimum Gasteiger partial charge on any atom is -0.384 e. The molecule has 0 aromatic heterocycles. The van der Waals surface area contributed by atoms with Crippen LogP contribution in [0, 0.1) is 6.92 Å². The molecule has 1 N–H and O–H groups in total. The fourth-order valence-electron chi connectivity index (χ4n) is 1.50. The van der Waals surface area contributed by atoms with Crippen LogP contribution in [0.2, 0.25) is 0 Å². The van der Waals surface area contributed by atoms with Gasteiger partial charge in [0.1, 0.15) is 0 Å². The topological polar surface area (TPSA) is 12.0 Å². The Morgan fingerprint density at radius 3 is 2.19 bits per heavy atom. The van der Waals surface area contributed by atoms with Gasteiger partial charge in [-0.3, -0.25) is 0 Å². The normalized spacial score (nSPS) is 18.0. The SMILES string of the molecule is CC.Cc1ccc(C2=CNC(C)C=C2)cc1. The van der Waals surface area contributed by atoms with Crippen molar-refractivity contribution in [3.8, 4) is 0 Å². The molecule has 0 radical (unpaired) electrons. The molecule has 1 aliphatic heterocycles. The van der Waals surface area contributed by atoms with Crippen molar-refractivity contribution >= 4 is 5.57 Å². The van der Waals surface area contributed by atoms with E-state index < -0.39 is 0 Å². The average Bonchev–Trinajstić information content (AvgIpc) is 2.34. The van der Waals surface area contributed by atoms with Crippen LogP contribution in [-0.4, -0.2) is 6.04 Å². The first-order valence-corrected chi connectivity index (χ1v) is 5.97. The maximum Gasteiger partial charge on any atom is 0.0414 e. The zero-order chi connectivity index (χ0) is 12.0. The number of nitrogens with one attached hydrogen (secondary N) is 1. The zero-order valence-corrected chi connectivity index (χ0v) is 10.6. The first-order valence-electron chi connectivity index (χ1n) is 5.97. The lowest BCUT2D eigenvalue weighted by Crippen LogP contribution is -2.20. The van der Waals surface area contributed by atoms with Crippen LogP contribution in [-0.2, 0) is 0 Å². The smallest absolute Gasteiger partial charge is 0.0414 e. The fraction of sp³-hybridized carbons (Fsp3) is 0.333. The lowest BCUT2D eigenvalue weighted by molar-refractivity contribution is 0.764. The molecular weight excluding hydrogens is 194 g/mol. The molecule has 1 aliphatic rings. The predicted molar refractivity (Wildman–Crippen MR) is 72.2 cm³/mol. The third kappa shape index (κ3) is 3.27. The van der Waals surface area contributed by atoms with Crippen LogP contribution >= 0.6 is 0 Å². The highest BCUT2D eigenvalue weighted by Gasteiger charge is 2.03. The first-order chi connectivity index (χ1) is 7.75. The quantitative estimate of drug-likeness (QED) is 0.749. The zero-order valence-electron chi connectivity index (χ0n) is 10.6. The van der Waals surface area contributed by atoms with Crippen LogP contribution in [0.25, 0.3) is 5.57 Å². The van der Waals surface area contributed by atoms with Crippen LogP contribution < -0.4 is 5.32 Å². The van der Waals surface area contributed by atoms with Crippen molar-refractivity contribution in [3.05, 3.63) is 53.7 Å². The van der Waals surface area contributed by atoms with Crippen LogP contribution in [0.1, 0.15) is 31.9 Å². The molecule has 0 saturated carbocycles. The second kappa shape index (κ2) is 6.16. The summed E-state index contributed by atoms with van der Waals surface area (Å²) in [5.74, 6) is 0. The Hall–Kier alpha value is -1.50. The summed E-state index contributed by atoms with van der Waals surface area (Å²) in [6.07, 6.45) is 6.43. The van der Waals surface area contributed by atoms with Gasteiger partial charge in [-0.1, -0.05) is 55.8 Å². The summed E-state index contributed by atoms with van der Waals surface area (Å²) in [6, 6.07) is 9.04. The molecule has 0 amide bonds. The van der Waals surface area contributed by atoms with E-state index in [0.29, 0.717) is 6.04 Å². The highest BCUT2D eigenvalue weighted by atomic mass is 14.9. The van der Waals surface area contributed by atoms with E-state index in [1.54, 1.807) is 0 Å². The molecule has 1 heterocycles. The molecule has 1 aromatic carbocycles. The molecule has 1 unspecified atom stereocenters. The van der Waals surface area contributed by atoms with Gasteiger partial charge >= 0.3 is 0 Å². The lowest BCUT2D eigenvalue weighted by atomic mass is 10.0. The maximum absolute atomic E-state index is 3.30. The summed E-state index contributed by atoms with van der Waals surface area (Å²) in [6.45, 7) is 8.24. The molecule has 0 saturated heterocycles. The summed E-state index contributed by atoms with van der Waals surface area (Å²) in [7, 11) is 0. The van der Waals surface area contributed by atoms with Gasteiger partial charge in [0.05, 0.1) is 0 Å². The molecule has 86 valence electrons. The van der Waals surface area contributed by atoms with E-state index in [1.165, 1.54) is 16.7 Å². The van der Waals surface area contributed by atoms with Gasteiger partial charge in [0, 0.05) is 12.2 Å². The van der Waals surface area contributed by atoms with Gasteiger partial charge in [-0.05, 0) is 25.0 Å². The van der Waals surface area contributed by atoms with E-state index >= 15 is 0 Å². The molecule has 0 spiro atoms. The first kappa shape index (κ1) is 12.6. The van der Waals surface area contributed by atoms with Crippen LogP contribution in [0.5, 0.6) is 0 Å².